The van der Waals surface area contributed by atoms with Gasteiger partial charge >= 0.3 is 0 Å². The van der Waals surface area contributed by atoms with E-state index >= 15 is 0 Å². The van der Waals surface area contributed by atoms with Crippen LogP contribution in [0.4, 0.5) is 10.8 Å². The monoisotopic (exact) mass is 468 g/mol. The lowest BCUT2D eigenvalue weighted by Gasteiger charge is -2.29. The molecule has 10 nitrogen and oxygen atoms in total. The van der Waals surface area contributed by atoms with Crippen molar-refractivity contribution >= 4 is 55.6 Å². The number of aromatic nitrogens is 1. The van der Waals surface area contributed by atoms with Gasteiger partial charge in [0.1, 0.15) is 10.3 Å². The second-order valence-electron chi connectivity index (χ2n) is 6.99. The predicted molar refractivity (Wildman–Crippen MR) is 110 cm³/mol. The van der Waals surface area contributed by atoms with E-state index in [2.05, 4.69) is 10.3 Å². The van der Waals surface area contributed by atoms with Gasteiger partial charge < -0.3 is 10.2 Å². The number of nitro benzene ring substituents is 1. The third-order valence-corrected chi connectivity index (χ3v) is 9.73. The van der Waals surface area contributed by atoms with Gasteiger partial charge in [0.2, 0.25) is 21.7 Å². The van der Waals surface area contributed by atoms with Crippen molar-refractivity contribution < 1.29 is 22.9 Å². The van der Waals surface area contributed by atoms with Crippen LogP contribution in [0, 0.1) is 10.1 Å². The Bertz CT molecular complexity index is 1150. The molecule has 1 aromatic heterocycles. The lowest BCUT2D eigenvalue weighted by molar-refractivity contribution is -0.384. The van der Waals surface area contributed by atoms with Crippen LogP contribution in [0.25, 0.3) is 0 Å². The third kappa shape index (κ3) is 3.46. The van der Waals surface area contributed by atoms with Crippen LogP contribution in [0.3, 0.4) is 0 Å². The Morgan fingerprint density at radius 2 is 2.07 bits per heavy atom. The van der Waals surface area contributed by atoms with Crippen LogP contribution in [0.5, 0.6) is 0 Å². The van der Waals surface area contributed by atoms with Gasteiger partial charge in [0, 0.05) is 24.3 Å². The number of sulfone groups is 1. The molecule has 0 spiro atoms. The number of nitrogens with zero attached hydrogens (tertiary/aromatic N) is 3. The maximum atomic E-state index is 12.7. The first kappa shape index (κ1) is 20.8. The van der Waals surface area contributed by atoms with Gasteiger partial charge in [-0.15, -0.1) is 11.8 Å². The van der Waals surface area contributed by atoms with E-state index in [9.17, 15) is 28.1 Å². The summed E-state index contributed by atoms with van der Waals surface area (Å²) in [5.41, 5.74) is -0.218. The fraction of sp³-hybridized carbons (Fsp3) is 0.353. The van der Waals surface area contributed by atoms with Gasteiger partial charge in [0.05, 0.1) is 20.9 Å². The van der Waals surface area contributed by atoms with E-state index in [0.717, 1.165) is 41.8 Å². The number of anilines is 1. The number of benzene rings is 1. The van der Waals surface area contributed by atoms with E-state index in [1.807, 2.05) is 6.92 Å². The quantitative estimate of drug-likeness (QED) is 0.521. The number of fused-ring (bicyclic) bond motifs is 1. The van der Waals surface area contributed by atoms with Crippen molar-refractivity contribution in [2.75, 3.05) is 11.1 Å². The maximum absolute atomic E-state index is 12.7. The summed E-state index contributed by atoms with van der Waals surface area (Å²) < 4.78 is 25.4. The zero-order chi connectivity index (χ0) is 21.7. The molecule has 2 saturated heterocycles. The van der Waals surface area contributed by atoms with Gasteiger partial charge in [-0.25, -0.2) is 13.4 Å². The topological polar surface area (TPSA) is 140 Å². The SMILES string of the molecule is C[C@@]12CCC(=O)N1[C@@H](C(=O)Nc1ncc(S(=O)(=O)c3ccc([N+](=O)[O-])cc3)s1)CS2. The Hall–Kier alpha value is -2.51. The Morgan fingerprint density at radius 3 is 2.73 bits per heavy atom. The predicted octanol–water partition coefficient (Wildman–Crippen LogP) is 2.28. The van der Waals surface area contributed by atoms with Crippen molar-refractivity contribution in [2.45, 2.75) is 39.8 Å². The van der Waals surface area contributed by atoms with Crippen LogP contribution in [-0.2, 0) is 19.4 Å². The number of non-ortho nitro benzene ring substituents is 1. The summed E-state index contributed by atoms with van der Waals surface area (Å²) in [6.45, 7) is 1.94. The minimum atomic E-state index is -3.93. The highest BCUT2D eigenvalue weighted by Gasteiger charge is 2.53. The van der Waals surface area contributed by atoms with Crippen molar-refractivity contribution in [3.05, 3.63) is 40.6 Å². The first-order chi connectivity index (χ1) is 14.1. The van der Waals surface area contributed by atoms with E-state index in [1.165, 1.54) is 0 Å². The van der Waals surface area contributed by atoms with Crippen LogP contribution in [0.1, 0.15) is 19.8 Å². The molecular weight excluding hydrogens is 452 g/mol. The molecule has 0 radical (unpaired) electrons. The fourth-order valence-electron chi connectivity index (χ4n) is 3.51. The van der Waals surface area contributed by atoms with Gasteiger partial charge in [-0.2, -0.15) is 0 Å². The van der Waals surface area contributed by atoms with Crippen LogP contribution >= 0.6 is 23.1 Å². The van der Waals surface area contributed by atoms with Crippen molar-refractivity contribution in [1.82, 2.24) is 9.88 Å². The largest absolute Gasteiger partial charge is 0.315 e. The number of carbonyl (C=O) groups excluding carboxylic acids is 2. The van der Waals surface area contributed by atoms with E-state index in [0.29, 0.717) is 18.6 Å². The van der Waals surface area contributed by atoms with Crippen molar-refractivity contribution in [3.8, 4) is 0 Å². The second-order valence-corrected chi connectivity index (χ2v) is 11.7. The van der Waals surface area contributed by atoms with Gasteiger partial charge in [0.15, 0.2) is 5.13 Å². The number of nitro groups is 1. The number of rotatable bonds is 5. The summed E-state index contributed by atoms with van der Waals surface area (Å²) in [7, 11) is -3.93. The first-order valence-corrected chi connectivity index (χ1v) is 12.1. The maximum Gasteiger partial charge on any atom is 0.269 e. The highest BCUT2D eigenvalue weighted by atomic mass is 32.2. The molecule has 0 saturated carbocycles. The fourth-order valence-corrected chi connectivity index (χ4v) is 7.38. The molecule has 30 heavy (non-hydrogen) atoms. The Balaban J connectivity index is 1.51. The summed E-state index contributed by atoms with van der Waals surface area (Å²) >= 11 is 2.34. The molecule has 2 amide bonds. The molecule has 158 valence electrons. The summed E-state index contributed by atoms with van der Waals surface area (Å²) in [6, 6.07) is 3.90. The molecule has 2 atom stereocenters. The highest BCUT2D eigenvalue weighted by molar-refractivity contribution is 8.01. The van der Waals surface area contributed by atoms with Crippen LogP contribution in [0.15, 0.2) is 39.6 Å². The molecule has 2 aliphatic rings. The van der Waals surface area contributed by atoms with Crippen molar-refractivity contribution in [2.24, 2.45) is 0 Å². The summed E-state index contributed by atoms with van der Waals surface area (Å²) in [6.07, 6.45) is 2.23. The molecule has 2 fully saturated rings. The van der Waals surface area contributed by atoms with E-state index < -0.39 is 26.7 Å². The first-order valence-electron chi connectivity index (χ1n) is 8.84. The lowest BCUT2D eigenvalue weighted by atomic mass is 10.2. The molecule has 4 rings (SSSR count). The zero-order valence-corrected chi connectivity index (χ0v) is 18.1. The minimum absolute atomic E-state index is 0.0665. The van der Waals surface area contributed by atoms with Gasteiger partial charge in [0.25, 0.3) is 5.69 Å². The van der Waals surface area contributed by atoms with Gasteiger partial charge in [-0.3, -0.25) is 19.7 Å². The van der Waals surface area contributed by atoms with Crippen molar-refractivity contribution in [1.29, 1.82) is 0 Å². The summed E-state index contributed by atoms with van der Waals surface area (Å²) in [5.74, 6) is -0.00809. The number of thiazole rings is 1. The molecule has 13 heteroatoms. The number of hydrogen-bond donors (Lipinski definition) is 1. The summed E-state index contributed by atoms with van der Waals surface area (Å²) in [4.78, 5) is 40.1. The Labute approximate surface area is 179 Å². The molecule has 3 heterocycles. The molecule has 0 bridgehead atoms. The number of amides is 2. The van der Waals surface area contributed by atoms with Crippen molar-refractivity contribution in [3.63, 3.8) is 0 Å². The highest BCUT2D eigenvalue weighted by Crippen LogP contribution is 2.47. The van der Waals surface area contributed by atoms with E-state index in [4.69, 9.17) is 0 Å². The molecule has 2 aromatic rings. The van der Waals surface area contributed by atoms with Gasteiger partial charge in [-0.05, 0) is 25.5 Å². The normalized spacial score (nSPS) is 23.4. The Kier molecular flexibility index (Phi) is 5.06. The zero-order valence-electron chi connectivity index (χ0n) is 15.6. The Morgan fingerprint density at radius 1 is 1.37 bits per heavy atom. The molecule has 1 aromatic carbocycles. The van der Waals surface area contributed by atoms with Crippen LogP contribution < -0.4 is 5.32 Å². The summed E-state index contributed by atoms with van der Waals surface area (Å²) in [5, 5.41) is 13.5. The number of thioether (sulfide) groups is 1. The average Bonchev–Trinajstić information content (AvgIpc) is 3.38. The number of carbonyl (C=O) groups is 2. The van der Waals surface area contributed by atoms with Gasteiger partial charge in [-0.1, -0.05) is 11.3 Å². The molecular formula is C17H16N4O6S3. The lowest BCUT2D eigenvalue weighted by Crippen LogP contribution is -2.48. The smallest absolute Gasteiger partial charge is 0.269 e. The van der Waals surface area contributed by atoms with E-state index in [-0.39, 0.29) is 30.7 Å². The van der Waals surface area contributed by atoms with Crippen LogP contribution in [0.2, 0.25) is 0 Å². The number of nitrogens with one attached hydrogen (secondary N) is 1. The minimum Gasteiger partial charge on any atom is -0.315 e. The third-order valence-electron chi connectivity index (χ3n) is 5.08. The molecule has 1 N–H and O–H groups in total. The average molecular weight is 469 g/mol. The number of hydrogen-bond acceptors (Lipinski definition) is 9. The molecule has 0 unspecified atom stereocenters. The molecule has 2 aliphatic heterocycles. The van der Waals surface area contributed by atoms with E-state index in [1.54, 1.807) is 16.7 Å². The standard InChI is InChI=1S/C17H16N4O6S3/c1-17-7-6-13(22)20(17)12(9-28-17)15(23)19-16-18-8-14(29-16)30(26,27)11-4-2-10(3-5-11)21(24)25/h2-5,8,12H,6-7,9H2,1H3,(H,18,19,23)/t12-,17-/m1/s1. The second kappa shape index (κ2) is 7.32. The molecule has 0 aliphatic carbocycles. The van der Waals surface area contributed by atoms with Crippen LogP contribution in [-0.4, -0.2) is 51.7 Å².